The number of carbonyl (C=O) groups excluding carboxylic acids is 2. The molecule has 0 aliphatic rings. The van der Waals surface area contributed by atoms with Crippen LogP contribution in [0.3, 0.4) is 0 Å². The van der Waals surface area contributed by atoms with Gasteiger partial charge in [0.25, 0.3) is 5.91 Å². The van der Waals surface area contributed by atoms with Crippen molar-refractivity contribution in [3.8, 4) is 5.75 Å². The van der Waals surface area contributed by atoms with Gasteiger partial charge in [0.15, 0.2) is 5.78 Å². The summed E-state index contributed by atoms with van der Waals surface area (Å²) in [6.07, 6.45) is 32.2. The normalized spacial score (nSPS) is 12.6. The van der Waals surface area contributed by atoms with E-state index in [1.165, 1.54) is 6.07 Å². The summed E-state index contributed by atoms with van der Waals surface area (Å²) in [4.78, 5) is 25.2. The average Bonchev–Trinajstić information content (AvgIpc) is 2.98. The van der Waals surface area contributed by atoms with Crippen molar-refractivity contribution in [3.05, 3.63) is 90.6 Å². The number of unbranched alkanes of at least 4 members (excludes halogenated alkanes) is 2. The van der Waals surface area contributed by atoms with Crippen LogP contribution in [-0.4, -0.2) is 35.5 Å². The number of ether oxygens (including phenoxy) is 1. The molecular weight excluding hydrogens is 510 g/mol. The Morgan fingerprint density at radius 3 is 1.90 bits per heavy atom. The fraction of sp³-hybridized carbons (Fsp3) is 0.500. The van der Waals surface area contributed by atoms with Crippen LogP contribution in [0.2, 0.25) is 0 Å². The van der Waals surface area contributed by atoms with Gasteiger partial charge in [-0.15, -0.1) is 0 Å². The molecule has 0 atom stereocenters. The molecule has 0 unspecified atom stereocenters. The Labute approximate surface area is 249 Å². The van der Waals surface area contributed by atoms with E-state index < -0.39 is 5.60 Å². The first kappa shape index (κ1) is 35.8. The molecule has 0 saturated heterocycles. The molecule has 0 bridgehead atoms. The number of Topliss-reactive ketones (excluding diaryl/α,β-unsaturated/α-hetero) is 1. The Morgan fingerprint density at radius 1 is 0.780 bits per heavy atom. The molecule has 0 spiro atoms. The van der Waals surface area contributed by atoms with E-state index in [4.69, 9.17) is 4.74 Å². The number of phenolic OH excluding ortho intramolecular Hbond substituents is 1. The summed E-state index contributed by atoms with van der Waals surface area (Å²) in [5, 5.41) is 12.6. The van der Waals surface area contributed by atoms with Gasteiger partial charge in [0.05, 0.1) is 5.56 Å². The van der Waals surface area contributed by atoms with E-state index in [1.54, 1.807) is 18.2 Å². The number of rotatable bonds is 23. The smallest absolute Gasteiger partial charge is 0.255 e. The number of hydrogen-bond donors (Lipinski definition) is 2. The fourth-order valence-electron chi connectivity index (χ4n) is 4.37. The van der Waals surface area contributed by atoms with Crippen LogP contribution in [-0.2, 0) is 9.53 Å². The second-order valence-corrected chi connectivity index (χ2v) is 10.1. The summed E-state index contributed by atoms with van der Waals surface area (Å²) in [5.41, 5.74) is -0.512. The van der Waals surface area contributed by atoms with Crippen LogP contribution in [0.25, 0.3) is 0 Å². The van der Waals surface area contributed by atoms with E-state index in [0.29, 0.717) is 38.8 Å². The summed E-state index contributed by atoms with van der Waals surface area (Å²) in [6, 6.07) is 6.43. The first-order valence-electron chi connectivity index (χ1n) is 15.5. The zero-order chi connectivity index (χ0) is 30.0. The summed E-state index contributed by atoms with van der Waals surface area (Å²) < 4.78 is 6.16. The molecule has 0 aliphatic heterocycles. The van der Waals surface area contributed by atoms with Crippen molar-refractivity contribution >= 4 is 11.7 Å². The Morgan fingerprint density at radius 2 is 1.34 bits per heavy atom. The lowest BCUT2D eigenvalue weighted by Crippen LogP contribution is -2.41. The van der Waals surface area contributed by atoms with Crippen LogP contribution >= 0.6 is 0 Å². The summed E-state index contributed by atoms with van der Waals surface area (Å²) in [7, 11) is 0. The lowest BCUT2D eigenvalue weighted by atomic mass is 9.89. The van der Waals surface area contributed by atoms with Crippen LogP contribution in [0, 0.1) is 0 Å². The predicted molar refractivity (Wildman–Crippen MR) is 172 cm³/mol. The maximum Gasteiger partial charge on any atom is 0.255 e. The molecular formula is C36H53NO4. The van der Waals surface area contributed by atoms with Crippen LogP contribution in [0.5, 0.6) is 5.75 Å². The molecule has 2 N–H and O–H groups in total. The highest BCUT2D eigenvalue weighted by Gasteiger charge is 2.34. The van der Waals surface area contributed by atoms with Crippen LogP contribution in [0.4, 0.5) is 0 Å². The second kappa shape index (κ2) is 23.5. The van der Waals surface area contributed by atoms with Crippen molar-refractivity contribution < 1.29 is 19.4 Å². The summed E-state index contributed by atoms with van der Waals surface area (Å²) in [6.45, 7) is 7.09. The number of phenols is 1. The van der Waals surface area contributed by atoms with Crippen molar-refractivity contribution in [2.75, 3.05) is 13.2 Å². The number of nitrogens with one attached hydrogen (secondary N) is 1. The van der Waals surface area contributed by atoms with E-state index >= 15 is 0 Å². The van der Waals surface area contributed by atoms with Crippen molar-refractivity contribution in [1.82, 2.24) is 5.32 Å². The average molecular weight is 564 g/mol. The van der Waals surface area contributed by atoms with Gasteiger partial charge >= 0.3 is 0 Å². The molecule has 5 nitrogen and oxygen atoms in total. The molecule has 0 radical (unpaired) electrons. The van der Waals surface area contributed by atoms with E-state index in [2.05, 4.69) is 73.0 Å². The third kappa shape index (κ3) is 16.0. The van der Waals surface area contributed by atoms with E-state index in [1.807, 2.05) is 13.8 Å². The quantitative estimate of drug-likeness (QED) is 0.103. The zero-order valence-corrected chi connectivity index (χ0v) is 25.7. The molecule has 0 fully saturated rings. The molecule has 226 valence electrons. The third-order valence-corrected chi connectivity index (χ3v) is 6.97. The number of aromatic hydroxyl groups is 1. The van der Waals surface area contributed by atoms with Crippen molar-refractivity contribution in [3.63, 3.8) is 0 Å². The van der Waals surface area contributed by atoms with Gasteiger partial charge in [-0.3, -0.25) is 9.59 Å². The minimum atomic E-state index is -0.751. The lowest BCUT2D eigenvalue weighted by molar-refractivity contribution is -0.146. The molecule has 1 rings (SSSR count). The topological polar surface area (TPSA) is 75.6 Å². The van der Waals surface area contributed by atoms with Crippen molar-refractivity contribution in [2.24, 2.45) is 0 Å². The second-order valence-electron chi connectivity index (χ2n) is 10.1. The Hall–Kier alpha value is -3.18. The van der Waals surface area contributed by atoms with Gasteiger partial charge < -0.3 is 15.2 Å². The Balaban J connectivity index is 2.19. The number of carbonyl (C=O) groups is 2. The minimum absolute atomic E-state index is 0.0493. The first-order valence-corrected chi connectivity index (χ1v) is 15.5. The number of para-hydroxylation sites is 1. The predicted octanol–water partition coefficient (Wildman–Crippen LogP) is 8.97. The maximum absolute atomic E-state index is 13.0. The fourth-order valence-corrected chi connectivity index (χ4v) is 4.37. The van der Waals surface area contributed by atoms with E-state index in [0.717, 1.165) is 51.4 Å². The zero-order valence-electron chi connectivity index (χ0n) is 25.7. The molecule has 0 saturated carbocycles. The first-order chi connectivity index (χ1) is 20.0. The molecule has 0 aliphatic carbocycles. The van der Waals surface area contributed by atoms with Crippen LogP contribution in [0.1, 0.15) is 108 Å². The SMILES string of the molecule is CC/C=C\C/C=C\C/C=C\C/C=C\C/C=C\CCCCOC(CC)(CC)C(=O)CCCNC(=O)c1ccccc1O. The van der Waals surface area contributed by atoms with Crippen LogP contribution < -0.4 is 5.32 Å². The largest absolute Gasteiger partial charge is 0.507 e. The molecule has 5 heteroatoms. The third-order valence-electron chi connectivity index (χ3n) is 6.97. The van der Waals surface area contributed by atoms with Gasteiger partial charge in [-0.1, -0.05) is 93.7 Å². The molecule has 1 aromatic rings. The lowest BCUT2D eigenvalue weighted by Gasteiger charge is -2.30. The molecule has 0 aromatic heterocycles. The van der Waals surface area contributed by atoms with Gasteiger partial charge in [-0.05, 0) is 82.8 Å². The number of allylic oxidation sites excluding steroid dienone is 10. The highest BCUT2D eigenvalue weighted by atomic mass is 16.5. The molecule has 0 heterocycles. The van der Waals surface area contributed by atoms with E-state index in [-0.39, 0.29) is 23.0 Å². The number of hydrogen-bond acceptors (Lipinski definition) is 4. The van der Waals surface area contributed by atoms with Crippen molar-refractivity contribution in [1.29, 1.82) is 0 Å². The van der Waals surface area contributed by atoms with E-state index in [9.17, 15) is 14.7 Å². The molecule has 41 heavy (non-hydrogen) atoms. The number of ketones is 1. The Kier molecular flexibility index (Phi) is 20.6. The monoisotopic (exact) mass is 563 g/mol. The highest BCUT2D eigenvalue weighted by Crippen LogP contribution is 2.25. The molecule has 1 aromatic carbocycles. The standard InChI is InChI=1S/C36H53NO4/c1-4-7-8-9-10-11-12-13-14-15-16-17-18-19-20-21-22-25-31-41-36(5-2,6-3)34(39)29-26-30-37-35(40)32-27-23-24-28-33(32)38/h7-8,10-11,13-14,16-17,19-20,23-24,27-28,38H,4-6,9,12,15,18,21-22,25-26,29-31H2,1-3H3,(H,37,40)/b8-7-,11-10-,14-13-,17-16-,20-19-. The van der Waals surface area contributed by atoms with Gasteiger partial charge in [0.2, 0.25) is 0 Å². The van der Waals surface area contributed by atoms with Gasteiger partial charge in [-0.25, -0.2) is 0 Å². The number of benzene rings is 1. The molecule has 1 amide bonds. The maximum atomic E-state index is 13.0. The van der Waals surface area contributed by atoms with Crippen molar-refractivity contribution in [2.45, 2.75) is 103 Å². The van der Waals surface area contributed by atoms with Gasteiger partial charge in [0.1, 0.15) is 11.4 Å². The van der Waals surface area contributed by atoms with Gasteiger partial charge in [0, 0.05) is 19.6 Å². The highest BCUT2D eigenvalue weighted by molar-refractivity contribution is 5.96. The minimum Gasteiger partial charge on any atom is -0.507 e. The Bertz CT molecular complexity index is 999. The van der Waals surface area contributed by atoms with Gasteiger partial charge in [-0.2, -0.15) is 0 Å². The summed E-state index contributed by atoms with van der Waals surface area (Å²) >= 11 is 0. The number of amides is 1. The summed E-state index contributed by atoms with van der Waals surface area (Å²) in [5.74, 6) is -0.291. The van der Waals surface area contributed by atoms with Crippen LogP contribution in [0.15, 0.2) is 85.0 Å².